The third-order valence-corrected chi connectivity index (χ3v) is 7.24. The fraction of sp³-hybridized carbons (Fsp3) is 0.320. The van der Waals surface area contributed by atoms with Gasteiger partial charge in [-0.1, -0.05) is 81.4 Å². The van der Waals surface area contributed by atoms with Gasteiger partial charge in [0.25, 0.3) is 0 Å². The smallest absolute Gasteiger partial charge is 0.195 e. The summed E-state index contributed by atoms with van der Waals surface area (Å²) in [4.78, 5) is 7.80. The highest BCUT2D eigenvalue weighted by atomic mass is 32.1. The standard InChI is InChI=1S/C25H26N2S/c1-25(2,3)19-14-15-20-21(16-19)28-24-26-22(17-10-6-4-7-11-17)23(27(20)24)18-12-8-5-9-13-18/h4-13,19H,14-16H2,1-3H3/t19-/m1/s1. The van der Waals surface area contributed by atoms with Crippen molar-refractivity contribution < 1.29 is 0 Å². The number of rotatable bonds is 2. The van der Waals surface area contributed by atoms with E-state index >= 15 is 0 Å². The van der Waals surface area contributed by atoms with E-state index in [0.717, 1.165) is 23.0 Å². The van der Waals surface area contributed by atoms with Gasteiger partial charge < -0.3 is 0 Å². The van der Waals surface area contributed by atoms with E-state index in [2.05, 4.69) is 85.8 Å². The van der Waals surface area contributed by atoms with E-state index in [1.54, 1.807) is 0 Å². The second-order valence-corrected chi connectivity index (χ2v) is 10.00. The van der Waals surface area contributed by atoms with Crippen LogP contribution < -0.4 is 0 Å². The van der Waals surface area contributed by atoms with E-state index in [-0.39, 0.29) is 0 Å². The molecule has 1 aliphatic rings. The summed E-state index contributed by atoms with van der Waals surface area (Å²) in [6.07, 6.45) is 3.58. The summed E-state index contributed by atoms with van der Waals surface area (Å²) < 4.78 is 2.45. The molecule has 3 heteroatoms. The van der Waals surface area contributed by atoms with Crippen molar-refractivity contribution in [1.82, 2.24) is 9.38 Å². The van der Waals surface area contributed by atoms with E-state index in [0.29, 0.717) is 5.41 Å². The van der Waals surface area contributed by atoms with Gasteiger partial charge in [-0.05, 0) is 30.6 Å². The number of thiazole rings is 1. The topological polar surface area (TPSA) is 17.3 Å². The Bertz CT molecular complexity index is 1110. The van der Waals surface area contributed by atoms with Gasteiger partial charge in [0.15, 0.2) is 4.96 Å². The third-order valence-electron chi connectivity index (χ3n) is 6.13. The molecule has 0 amide bonds. The van der Waals surface area contributed by atoms with Gasteiger partial charge in [-0.25, -0.2) is 4.98 Å². The number of hydrogen-bond donors (Lipinski definition) is 0. The Hall–Kier alpha value is -2.39. The highest BCUT2D eigenvalue weighted by Crippen LogP contribution is 2.43. The number of aromatic nitrogens is 2. The first-order valence-electron chi connectivity index (χ1n) is 10.2. The molecule has 28 heavy (non-hydrogen) atoms. The fourth-order valence-corrected chi connectivity index (χ4v) is 5.70. The summed E-state index contributed by atoms with van der Waals surface area (Å²) in [6.45, 7) is 7.14. The normalized spacial score (nSPS) is 17.0. The van der Waals surface area contributed by atoms with Gasteiger partial charge in [-0.15, -0.1) is 11.3 Å². The lowest BCUT2D eigenvalue weighted by molar-refractivity contribution is 0.216. The van der Waals surface area contributed by atoms with Crippen LogP contribution in [0.4, 0.5) is 0 Å². The molecule has 2 aromatic carbocycles. The molecule has 2 nitrogen and oxygen atoms in total. The van der Waals surface area contributed by atoms with Gasteiger partial charge in [0.2, 0.25) is 0 Å². The molecule has 0 saturated carbocycles. The Morgan fingerprint density at radius 3 is 2.21 bits per heavy atom. The number of hydrogen-bond acceptors (Lipinski definition) is 2. The predicted molar refractivity (Wildman–Crippen MR) is 119 cm³/mol. The van der Waals surface area contributed by atoms with E-state index in [4.69, 9.17) is 4.98 Å². The molecule has 5 rings (SSSR count). The van der Waals surface area contributed by atoms with Crippen LogP contribution >= 0.6 is 11.3 Å². The lowest BCUT2D eigenvalue weighted by atomic mass is 9.73. The summed E-state index contributed by atoms with van der Waals surface area (Å²) in [5.41, 5.74) is 6.62. The largest absolute Gasteiger partial charge is 0.286 e. The molecule has 0 fully saturated rings. The van der Waals surface area contributed by atoms with Gasteiger partial charge in [0, 0.05) is 21.7 Å². The SMILES string of the molecule is CC(C)(C)[C@@H]1CCc2c(sc3nc(-c4ccccc4)c(-c4ccccc4)n23)C1. The van der Waals surface area contributed by atoms with Gasteiger partial charge in [-0.2, -0.15) is 0 Å². The zero-order chi connectivity index (χ0) is 19.3. The van der Waals surface area contributed by atoms with Crippen LogP contribution in [0.3, 0.4) is 0 Å². The van der Waals surface area contributed by atoms with E-state index in [1.807, 2.05) is 11.3 Å². The molecule has 0 radical (unpaired) electrons. The van der Waals surface area contributed by atoms with Crippen LogP contribution in [0.15, 0.2) is 60.7 Å². The Morgan fingerprint density at radius 2 is 1.57 bits per heavy atom. The molecule has 1 aliphatic carbocycles. The predicted octanol–water partition coefficient (Wildman–Crippen LogP) is 6.88. The van der Waals surface area contributed by atoms with Crippen molar-refractivity contribution in [1.29, 1.82) is 0 Å². The lowest BCUT2D eigenvalue weighted by Gasteiger charge is -2.33. The van der Waals surface area contributed by atoms with Crippen LogP contribution in [0.25, 0.3) is 27.5 Å². The summed E-state index contributed by atoms with van der Waals surface area (Å²) in [5, 5.41) is 0. The van der Waals surface area contributed by atoms with Gasteiger partial charge in [-0.3, -0.25) is 4.40 Å². The van der Waals surface area contributed by atoms with E-state index in [9.17, 15) is 0 Å². The number of fused-ring (bicyclic) bond motifs is 3. The summed E-state index contributed by atoms with van der Waals surface area (Å²) >= 11 is 1.90. The quantitative estimate of drug-likeness (QED) is 0.367. The number of nitrogens with zero attached hydrogens (tertiary/aromatic N) is 2. The number of imidazole rings is 1. The Morgan fingerprint density at radius 1 is 0.929 bits per heavy atom. The number of benzene rings is 2. The van der Waals surface area contributed by atoms with Crippen LogP contribution in [-0.4, -0.2) is 9.38 Å². The maximum absolute atomic E-state index is 5.13. The van der Waals surface area contributed by atoms with E-state index < -0.39 is 0 Å². The molecular weight excluding hydrogens is 360 g/mol. The van der Waals surface area contributed by atoms with Crippen LogP contribution in [0, 0.1) is 11.3 Å². The Balaban J connectivity index is 1.73. The molecule has 0 saturated heterocycles. The van der Waals surface area contributed by atoms with Crippen molar-refractivity contribution in [3.8, 4) is 22.5 Å². The molecule has 0 aliphatic heterocycles. The first-order valence-corrected chi connectivity index (χ1v) is 11.0. The molecule has 2 heterocycles. The monoisotopic (exact) mass is 386 g/mol. The molecular formula is C25H26N2S. The van der Waals surface area contributed by atoms with Crippen molar-refractivity contribution in [2.24, 2.45) is 11.3 Å². The van der Waals surface area contributed by atoms with Crippen molar-refractivity contribution in [2.75, 3.05) is 0 Å². The molecule has 0 spiro atoms. The molecule has 0 unspecified atom stereocenters. The maximum Gasteiger partial charge on any atom is 0.195 e. The fourth-order valence-electron chi connectivity index (χ4n) is 4.46. The minimum absolute atomic E-state index is 0.362. The molecule has 4 aromatic rings. The second kappa shape index (κ2) is 6.59. The minimum atomic E-state index is 0.362. The van der Waals surface area contributed by atoms with Crippen molar-refractivity contribution >= 4 is 16.3 Å². The highest BCUT2D eigenvalue weighted by molar-refractivity contribution is 7.17. The summed E-state index contributed by atoms with van der Waals surface area (Å²) in [6, 6.07) is 21.3. The van der Waals surface area contributed by atoms with Gasteiger partial charge in [0.05, 0.1) is 11.4 Å². The Kier molecular flexibility index (Phi) is 4.17. The first kappa shape index (κ1) is 17.7. The molecule has 142 valence electrons. The van der Waals surface area contributed by atoms with Crippen LogP contribution in [0.1, 0.15) is 37.8 Å². The highest BCUT2D eigenvalue weighted by Gasteiger charge is 2.32. The zero-order valence-corrected chi connectivity index (χ0v) is 17.6. The molecule has 0 N–H and O–H groups in total. The van der Waals surface area contributed by atoms with Crippen molar-refractivity contribution in [3.63, 3.8) is 0 Å². The lowest BCUT2D eigenvalue weighted by Crippen LogP contribution is -2.26. The average Bonchev–Trinajstić information content (AvgIpc) is 3.24. The minimum Gasteiger partial charge on any atom is -0.286 e. The number of aryl methyl sites for hydroxylation is 1. The molecule has 0 bridgehead atoms. The van der Waals surface area contributed by atoms with Gasteiger partial charge >= 0.3 is 0 Å². The Labute approximate surface area is 170 Å². The molecule has 1 atom stereocenters. The van der Waals surface area contributed by atoms with Crippen molar-refractivity contribution in [3.05, 3.63) is 71.2 Å². The van der Waals surface area contributed by atoms with Crippen LogP contribution in [0.2, 0.25) is 0 Å². The third kappa shape index (κ3) is 2.89. The second-order valence-electron chi connectivity index (χ2n) is 8.94. The maximum atomic E-state index is 5.13. The summed E-state index contributed by atoms with van der Waals surface area (Å²) in [5.74, 6) is 0.747. The van der Waals surface area contributed by atoms with E-state index in [1.165, 1.54) is 40.2 Å². The summed E-state index contributed by atoms with van der Waals surface area (Å²) in [7, 11) is 0. The first-order chi connectivity index (χ1) is 13.5. The average molecular weight is 387 g/mol. The molecule has 2 aromatic heterocycles. The van der Waals surface area contributed by atoms with Crippen molar-refractivity contribution in [2.45, 2.75) is 40.0 Å². The van der Waals surface area contributed by atoms with Crippen LogP contribution in [-0.2, 0) is 12.8 Å². The van der Waals surface area contributed by atoms with Gasteiger partial charge in [0.1, 0.15) is 0 Å². The zero-order valence-electron chi connectivity index (χ0n) is 16.8. The van der Waals surface area contributed by atoms with Crippen LogP contribution in [0.5, 0.6) is 0 Å².